The van der Waals surface area contributed by atoms with Gasteiger partial charge in [0.1, 0.15) is 11.5 Å². The molecule has 0 saturated carbocycles. The summed E-state index contributed by atoms with van der Waals surface area (Å²) < 4.78 is 2.07. The molecule has 0 aliphatic carbocycles. The average Bonchev–Trinajstić information content (AvgIpc) is 2.61. The van der Waals surface area contributed by atoms with E-state index in [9.17, 15) is 0 Å². The lowest BCUT2D eigenvalue weighted by atomic mass is 10.1. The Labute approximate surface area is 96.1 Å². The Bertz CT molecular complexity index is 452. The number of rotatable bonds is 2. The van der Waals surface area contributed by atoms with Crippen molar-refractivity contribution >= 4 is 17.4 Å². The maximum absolute atomic E-state index is 4.62. The lowest BCUT2D eigenvalue weighted by Gasteiger charge is -2.20. The number of nitrogens with one attached hydrogen (secondary N) is 1. The summed E-state index contributed by atoms with van der Waals surface area (Å²) in [6.45, 7) is 12.5. The topological polar surface area (TPSA) is 42.2 Å². The SMILES string of the molecule is C=C1NC(C(C)C)=Nc2c1ncn2C(C)C. The molecule has 1 N–H and O–H groups in total. The van der Waals surface area contributed by atoms with Gasteiger partial charge in [-0.25, -0.2) is 9.98 Å². The van der Waals surface area contributed by atoms with E-state index in [-0.39, 0.29) is 0 Å². The average molecular weight is 218 g/mol. The zero-order valence-corrected chi connectivity index (χ0v) is 10.3. The Morgan fingerprint density at radius 3 is 2.56 bits per heavy atom. The fourth-order valence-corrected chi connectivity index (χ4v) is 1.69. The molecule has 86 valence electrons. The van der Waals surface area contributed by atoms with E-state index in [1.165, 1.54) is 0 Å². The van der Waals surface area contributed by atoms with E-state index in [4.69, 9.17) is 0 Å². The van der Waals surface area contributed by atoms with Crippen molar-refractivity contribution in [1.82, 2.24) is 14.9 Å². The number of aliphatic imine (C=N–C) groups is 1. The van der Waals surface area contributed by atoms with Crippen molar-refractivity contribution in [2.45, 2.75) is 33.7 Å². The summed E-state index contributed by atoms with van der Waals surface area (Å²) in [5.74, 6) is 2.24. The van der Waals surface area contributed by atoms with E-state index in [1.807, 2.05) is 6.33 Å². The Kier molecular flexibility index (Phi) is 2.58. The van der Waals surface area contributed by atoms with Gasteiger partial charge < -0.3 is 9.88 Å². The number of amidine groups is 1. The minimum absolute atomic E-state index is 0.360. The Morgan fingerprint density at radius 2 is 2.00 bits per heavy atom. The van der Waals surface area contributed by atoms with E-state index >= 15 is 0 Å². The van der Waals surface area contributed by atoms with Crippen LogP contribution in [0.5, 0.6) is 0 Å². The molecule has 2 heterocycles. The monoisotopic (exact) mass is 218 g/mol. The smallest absolute Gasteiger partial charge is 0.164 e. The van der Waals surface area contributed by atoms with Crippen molar-refractivity contribution in [2.24, 2.45) is 10.9 Å². The van der Waals surface area contributed by atoms with Gasteiger partial charge in [0.15, 0.2) is 5.82 Å². The van der Waals surface area contributed by atoms with Crippen molar-refractivity contribution in [3.05, 3.63) is 18.6 Å². The van der Waals surface area contributed by atoms with E-state index in [0.29, 0.717) is 12.0 Å². The molecule has 4 heteroatoms. The van der Waals surface area contributed by atoms with Crippen LogP contribution in [0.4, 0.5) is 5.82 Å². The largest absolute Gasteiger partial charge is 0.342 e. The van der Waals surface area contributed by atoms with Crippen molar-refractivity contribution < 1.29 is 0 Å². The first-order valence-corrected chi connectivity index (χ1v) is 5.62. The second kappa shape index (κ2) is 3.77. The van der Waals surface area contributed by atoms with Crippen molar-refractivity contribution in [2.75, 3.05) is 0 Å². The second-order valence-corrected chi connectivity index (χ2v) is 4.67. The molecule has 4 nitrogen and oxygen atoms in total. The summed E-state index contributed by atoms with van der Waals surface area (Å²) >= 11 is 0. The highest BCUT2D eigenvalue weighted by atomic mass is 15.2. The number of aromatic nitrogens is 2. The molecule has 0 atom stereocenters. The molecule has 1 aromatic heterocycles. The molecule has 1 aromatic rings. The van der Waals surface area contributed by atoms with Gasteiger partial charge in [0.05, 0.1) is 12.0 Å². The summed E-state index contributed by atoms with van der Waals surface area (Å²) in [6, 6.07) is 0.360. The molecule has 16 heavy (non-hydrogen) atoms. The van der Waals surface area contributed by atoms with Crippen molar-refractivity contribution in [3.8, 4) is 0 Å². The Morgan fingerprint density at radius 1 is 1.31 bits per heavy atom. The lowest BCUT2D eigenvalue weighted by molar-refractivity contribution is 0.602. The zero-order chi connectivity index (χ0) is 11.9. The van der Waals surface area contributed by atoms with Crippen LogP contribution in [0.25, 0.3) is 5.70 Å². The molecule has 1 aliphatic heterocycles. The maximum Gasteiger partial charge on any atom is 0.164 e. The highest BCUT2D eigenvalue weighted by molar-refractivity contribution is 5.97. The van der Waals surface area contributed by atoms with Crippen LogP contribution in [-0.4, -0.2) is 15.4 Å². The number of fused-ring (bicyclic) bond motifs is 1. The fraction of sp³-hybridized carbons (Fsp3) is 0.500. The van der Waals surface area contributed by atoms with Crippen LogP contribution in [0.15, 0.2) is 17.9 Å². The van der Waals surface area contributed by atoms with E-state index < -0.39 is 0 Å². The highest BCUT2D eigenvalue weighted by Gasteiger charge is 2.22. The van der Waals surface area contributed by atoms with Gasteiger partial charge in [-0.15, -0.1) is 0 Å². The van der Waals surface area contributed by atoms with Gasteiger partial charge in [0, 0.05) is 12.0 Å². The van der Waals surface area contributed by atoms with Crippen LogP contribution in [-0.2, 0) is 0 Å². The third-order valence-electron chi connectivity index (χ3n) is 2.66. The van der Waals surface area contributed by atoms with Crippen molar-refractivity contribution in [1.29, 1.82) is 0 Å². The quantitative estimate of drug-likeness (QED) is 0.829. The van der Waals surface area contributed by atoms with Crippen LogP contribution in [0.1, 0.15) is 39.4 Å². The van der Waals surface area contributed by atoms with Crippen LogP contribution >= 0.6 is 0 Å². The van der Waals surface area contributed by atoms with Gasteiger partial charge in [-0.3, -0.25) is 0 Å². The van der Waals surface area contributed by atoms with Gasteiger partial charge >= 0.3 is 0 Å². The molecule has 0 aromatic carbocycles. The molecular weight excluding hydrogens is 200 g/mol. The summed E-state index contributed by atoms with van der Waals surface area (Å²) in [5.41, 5.74) is 1.70. The second-order valence-electron chi connectivity index (χ2n) is 4.67. The first-order chi connectivity index (χ1) is 7.50. The molecule has 0 amide bonds. The molecule has 2 rings (SSSR count). The Balaban J connectivity index is 2.53. The standard InChI is InChI=1S/C12H18N4/c1-7(2)11-14-9(5)10-12(15-11)16(6-13-10)8(3)4/h6-8H,5H2,1-4H3,(H,14,15). The molecule has 0 unspecified atom stereocenters. The molecule has 0 saturated heterocycles. The van der Waals surface area contributed by atoms with Gasteiger partial charge in [-0.05, 0) is 13.8 Å². The number of hydrogen-bond acceptors (Lipinski definition) is 3. The van der Waals surface area contributed by atoms with Gasteiger partial charge in [-0.2, -0.15) is 0 Å². The van der Waals surface area contributed by atoms with Gasteiger partial charge in [0.2, 0.25) is 0 Å². The van der Waals surface area contributed by atoms with E-state index in [0.717, 1.165) is 23.0 Å². The first kappa shape index (κ1) is 10.9. The van der Waals surface area contributed by atoms with Gasteiger partial charge in [0.25, 0.3) is 0 Å². The zero-order valence-electron chi connectivity index (χ0n) is 10.3. The molecule has 0 bridgehead atoms. The number of hydrogen-bond donors (Lipinski definition) is 1. The molecule has 0 fully saturated rings. The maximum atomic E-state index is 4.62. The number of nitrogens with zero attached hydrogens (tertiary/aromatic N) is 3. The molecule has 0 radical (unpaired) electrons. The van der Waals surface area contributed by atoms with E-state index in [2.05, 4.69) is 54.1 Å². The first-order valence-electron chi connectivity index (χ1n) is 5.62. The van der Waals surface area contributed by atoms with Gasteiger partial charge in [-0.1, -0.05) is 20.4 Å². The van der Waals surface area contributed by atoms with Crippen LogP contribution < -0.4 is 5.32 Å². The molecular formula is C12H18N4. The predicted octanol–water partition coefficient (Wildman–Crippen LogP) is 2.72. The summed E-state index contributed by atoms with van der Waals surface area (Å²) in [5, 5.41) is 3.20. The Hall–Kier alpha value is -1.58. The van der Waals surface area contributed by atoms with Crippen molar-refractivity contribution in [3.63, 3.8) is 0 Å². The minimum atomic E-state index is 0.360. The molecule has 1 aliphatic rings. The van der Waals surface area contributed by atoms with Crippen LogP contribution in [0.3, 0.4) is 0 Å². The van der Waals surface area contributed by atoms with Crippen LogP contribution in [0, 0.1) is 5.92 Å². The fourth-order valence-electron chi connectivity index (χ4n) is 1.69. The minimum Gasteiger partial charge on any atom is -0.342 e. The van der Waals surface area contributed by atoms with E-state index in [1.54, 1.807) is 0 Å². The third-order valence-corrected chi connectivity index (χ3v) is 2.66. The highest BCUT2D eigenvalue weighted by Crippen LogP contribution is 2.30. The molecule has 0 spiro atoms. The normalized spacial score (nSPS) is 15.1. The summed E-state index contributed by atoms with van der Waals surface area (Å²) in [6.07, 6.45) is 1.83. The number of imidazole rings is 1. The van der Waals surface area contributed by atoms with Crippen LogP contribution in [0.2, 0.25) is 0 Å². The lowest BCUT2D eigenvalue weighted by Crippen LogP contribution is -2.29. The summed E-state index contributed by atoms with van der Waals surface area (Å²) in [7, 11) is 0. The third kappa shape index (κ3) is 1.64. The summed E-state index contributed by atoms with van der Waals surface area (Å²) in [4.78, 5) is 8.97. The predicted molar refractivity (Wildman–Crippen MR) is 66.7 cm³/mol.